The second-order valence-corrected chi connectivity index (χ2v) is 7.74. The third-order valence-corrected chi connectivity index (χ3v) is 5.68. The molecule has 2 aromatic rings. The molecule has 0 bridgehead atoms. The monoisotopic (exact) mass is 405 g/mol. The van der Waals surface area contributed by atoms with E-state index in [-0.39, 0.29) is 11.9 Å². The molecule has 150 valence electrons. The van der Waals surface area contributed by atoms with Gasteiger partial charge in [0.2, 0.25) is 0 Å². The van der Waals surface area contributed by atoms with Crippen molar-refractivity contribution in [3.05, 3.63) is 34.3 Å². The summed E-state index contributed by atoms with van der Waals surface area (Å²) in [6, 6.07) is 4.94. The first kappa shape index (κ1) is 19.4. The number of aromatic nitrogens is 2. The van der Waals surface area contributed by atoms with Gasteiger partial charge in [-0.1, -0.05) is 18.0 Å². The normalized spacial score (nSPS) is 21.9. The van der Waals surface area contributed by atoms with Crippen molar-refractivity contribution in [3.8, 4) is 17.0 Å². The number of anilines is 1. The van der Waals surface area contributed by atoms with Crippen LogP contribution in [0.25, 0.3) is 11.3 Å². The molecule has 4 rings (SSSR count). The summed E-state index contributed by atoms with van der Waals surface area (Å²) in [5.74, 6) is 0.651. The molecule has 1 aliphatic heterocycles. The summed E-state index contributed by atoms with van der Waals surface area (Å²) in [6.07, 6.45) is 5.03. The molecule has 3 N–H and O–H groups in total. The van der Waals surface area contributed by atoms with Gasteiger partial charge in [-0.15, -0.1) is 10.2 Å². The summed E-state index contributed by atoms with van der Waals surface area (Å²) in [7, 11) is 0. The fourth-order valence-corrected chi connectivity index (χ4v) is 4.20. The Morgan fingerprint density at radius 3 is 2.86 bits per heavy atom. The average Bonchev–Trinajstić information content (AvgIpc) is 3.11. The Labute approximate surface area is 168 Å². The maximum absolute atomic E-state index is 10.4. The maximum Gasteiger partial charge on any atom is 0.155 e. The predicted molar refractivity (Wildman–Crippen MR) is 106 cm³/mol. The quantitative estimate of drug-likeness (QED) is 0.386. The van der Waals surface area contributed by atoms with Gasteiger partial charge in [-0.3, -0.25) is 5.26 Å². The van der Waals surface area contributed by atoms with Crippen LogP contribution in [-0.4, -0.2) is 39.8 Å². The molecule has 1 aromatic carbocycles. The zero-order chi connectivity index (χ0) is 19.5. The first-order chi connectivity index (χ1) is 13.7. The number of aromatic hydroxyl groups is 1. The van der Waals surface area contributed by atoms with Crippen molar-refractivity contribution in [2.24, 2.45) is 0 Å². The van der Waals surface area contributed by atoms with Crippen molar-refractivity contribution in [3.63, 3.8) is 0 Å². The Morgan fingerprint density at radius 1 is 1.21 bits per heavy atom. The molecule has 28 heavy (non-hydrogen) atoms. The molecular formula is C20H24ClN3O4. The number of halogens is 1. The van der Waals surface area contributed by atoms with Crippen molar-refractivity contribution in [2.75, 3.05) is 18.5 Å². The van der Waals surface area contributed by atoms with E-state index in [1.807, 2.05) is 0 Å². The van der Waals surface area contributed by atoms with Crippen molar-refractivity contribution in [2.45, 2.75) is 50.7 Å². The first-order valence-electron chi connectivity index (χ1n) is 9.71. The summed E-state index contributed by atoms with van der Waals surface area (Å²) in [5, 5.41) is 32.5. The number of rotatable bonds is 5. The molecule has 0 radical (unpaired) electrons. The number of ether oxygens (including phenoxy) is 1. The van der Waals surface area contributed by atoms with E-state index < -0.39 is 6.10 Å². The van der Waals surface area contributed by atoms with Crippen molar-refractivity contribution in [1.29, 1.82) is 0 Å². The average molecular weight is 406 g/mol. The van der Waals surface area contributed by atoms with E-state index in [0.29, 0.717) is 35.1 Å². The lowest BCUT2D eigenvalue weighted by Gasteiger charge is -2.21. The summed E-state index contributed by atoms with van der Waals surface area (Å²) >= 11 is 5.98. The molecule has 1 saturated heterocycles. The molecule has 8 heteroatoms. The second-order valence-electron chi connectivity index (χ2n) is 7.31. The zero-order valence-corrected chi connectivity index (χ0v) is 16.3. The van der Waals surface area contributed by atoms with Gasteiger partial charge in [-0.05, 0) is 55.9 Å². The topological polar surface area (TPSA) is 96.7 Å². The van der Waals surface area contributed by atoms with E-state index in [2.05, 4.69) is 15.5 Å². The highest BCUT2D eigenvalue weighted by atomic mass is 35.5. The third kappa shape index (κ3) is 3.93. The smallest absolute Gasteiger partial charge is 0.155 e. The number of hydrogen-bond donors (Lipinski definition) is 3. The van der Waals surface area contributed by atoms with Gasteiger partial charge in [0.25, 0.3) is 0 Å². The van der Waals surface area contributed by atoms with E-state index in [9.17, 15) is 10.4 Å². The van der Waals surface area contributed by atoms with Crippen LogP contribution < -0.4 is 5.32 Å². The lowest BCUT2D eigenvalue weighted by atomic mass is 9.96. The molecular weight excluding hydrogens is 382 g/mol. The SMILES string of the molecule is OO[C@@H]1CCCCc2c(-c3ccc(Cl)cc3O)nnc(NC[C@@H]3CCCO3)c21. The van der Waals surface area contributed by atoms with E-state index in [4.69, 9.17) is 21.2 Å². The highest BCUT2D eigenvalue weighted by Gasteiger charge is 2.29. The number of nitrogens with zero attached hydrogens (tertiary/aromatic N) is 2. The van der Waals surface area contributed by atoms with Gasteiger partial charge in [-0.25, -0.2) is 4.89 Å². The van der Waals surface area contributed by atoms with Crippen LogP contribution in [0.4, 0.5) is 5.82 Å². The van der Waals surface area contributed by atoms with Gasteiger partial charge < -0.3 is 15.2 Å². The van der Waals surface area contributed by atoms with Crippen molar-refractivity contribution < 1.29 is 20.0 Å². The zero-order valence-electron chi connectivity index (χ0n) is 15.5. The molecule has 1 aliphatic carbocycles. The van der Waals surface area contributed by atoms with E-state index in [1.165, 1.54) is 6.07 Å². The number of benzene rings is 1. The summed E-state index contributed by atoms with van der Waals surface area (Å²) in [6.45, 7) is 1.41. The van der Waals surface area contributed by atoms with Crippen LogP contribution in [-0.2, 0) is 16.0 Å². The van der Waals surface area contributed by atoms with Crippen LogP contribution in [0.5, 0.6) is 5.75 Å². The van der Waals surface area contributed by atoms with Gasteiger partial charge in [-0.2, -0.15) is 0 Å². The first-order valence-corrected chi connectivity index (χ1v) is 10.1. The van der Waals surface area contributed by atoms with Crippen LogP contribution >= 0.6 is 11.6 Å². The van der Waals surface area contributed by atoms with E-state index in [1.54, 1.807) is 12.1 Å². The molecule has 0 saturated carbocycles. The van der Waals surface area contributed by atoms with Gasteiger partial charge in [0.05, 0.1) is 6.10 Å². The predicted octanol–water partition coefficient (Wildman–Crippen LogP) is 4.35. The molecule has 2 heterocycles. The lowest BCUT2D eigenvalue weighted by molar-refractivity contribution is -0.283. The Kier molecular flexibility index (Phi) is 5.96. The molecule has 1 fully saturated rings. The minimum Gasteiger partial charge on any atom is -0.507 e. The largest absolute Gasteiger partial charge is 0.507 e. The number of hydrogen-bond acceptors (Lipinski definition) is 7. The van der Waals surface area contributed by atoms with Crippen LogP contribution in [0, 0.1) is 0 Å². The fraction of sp³-hybridized carbons (Fsp3) is 0.500. The van der Waals surface area contributed by atoms with E-state index in [0.717, 1.165) is 49.8 Å². The van der Waals surface area contributed by atoms with Gasteiger partial charge in [0, 0.05) is 29.3 Å². The summed E-state index contributed by atoms with van der Waals surface area (Å²) < 4.78 is 5.68. The molecule has 0 spiro atoms. The molecule has 2 aliphatic rings. The summed E-state index contributed by atoms with van der Waals surface area (Å²) in [4.78, 5) is 4.83. The van der Waals surface area contributed by atoms with Crippen LogP contribution in [0.1, 0.15) is 49.3 Å². The Balaban J connectivity index is 1.76. The molecule has 7 nitrogen and oxygen atoms in total. The minimum absolute atomic E-state index is 0.0507. The summed E-state index contributed by atoms with van der Waals surface area (Å²) in [5.41, 5.74) is 2.89. The van der Waals surface area contributed by atoms with Crippen LogP contribution in [0.15, 0.2) is 18.2 Å². The Hall–Kier alpha value is -1.93. The van der Waals surface area contributed by atoms with Crippen molar-refractivity contribution >= 4 is 17.4 Å². The Bertz CT molecular complexity index is 842. The van der Waals surface area contributed by atoms with E-state index >= 15 is 0 Å². The number of phenolic OH excluding ortho intramolecular Hbond substituents is 1. The van der Waals surface area contributed by atoms with Crippen molar-refractivity contribution in [1.82, 2.24) is 10.2 Å². The molecule has 0 unspecified atom stereocenters. The maximum atomic E-state index is 10.4. The second kappa shape index (κ2) is 8.61. The Morgan fingerprint density at radius 2 is 2.11 bits per heavy atom. The molecule has 1 aromatic heterocycles. The standard InChI is InChI=1S/C20H24ClN3O4/c21-12-7-8-14(16(25)10-12)19-15-5-1-2-6-17(28-26)18(15)20(24-23-19)22-11-13-4-3-9-27-13/h7-8,10,13,17,25-26H,1-6,9,11H2,(H,22,24)/t13-,17+/m0/s1. The fourth-order valence-electron chi connectivity index (χ4n) is 4.03. The number of nitrogens with one attached hydrogen (secondary N) is 1. The minimum atomic E-state index is -0.492. The molecule has 0 amide bonds. The highest BCUT2D eigenvalue weighted by molar-refractivity contribution is 6.30. The number of fused-ring (bicyclic) bond motifs is 1. The van der Waals surface area contributed by atoms with Gasteiger partial charge in [0.1, 0.15) is 17.5 Å². The van der Waals surface area contributed by atoms with Crippen LogP contribution in [0.3, 0.4) is 0 Å². The van der Waals surface area contributed by atoms with Gasteiger partial charge >= 0.3 is 0 Å². The lowest BCUT2D eigenvalue weighted by Crippen LogP contribution is -2.21. The number of phenols is 1. The third-order valence-electron chi connectivity index (χ3n) is 5.44. The van der Waals surface area contributed by atoms with Crippen LogP contribution in [0.2, 0.25) is 5.02 Å². The molecule has 2 atom stereocenters. The van der Waals surface area contributed by atoms with Gasteiger partial charge in [0.15, 0.2) is 5.82 Å². The highest BCUT2D eigenvalue weighted by Crippen LogP contribution is 2.41.